The maximum atomic E-state index is 5.92. The van der Waals surface area contributed by atoms with Crippen LogP contribution in [0.15, 0.2) is 4.99 Å². The van der Waals surface area contributed by atoms with Crippen LogP contribution in [0.4, 0.5) is 0 Å². The first kappa shape index (κ1) is 12.7. The SMILES string of the molecule is CCCC1(CN=C(N)NCC2CCC2)CCC1. The van der Waals surface area contributed by atoms with Crippen LogP contribution in [0.3, 0.4) is 0 Å². The van der Waals surface area contributed by atoms with E-state index < -0.39 is 0 Å². The van der Waals surface area contributed by atoms with Crippen LogP contribution in [0, 0.1) is 11.3 Å². The Morgan fingerprint density at radius 1 is 1.35 bits per heavy atom. The zero-order valence-electron chi connectivity index (χ0n) is 11.2. The van der Waals surface area contributed by atoms with Crippen molar-refractivity contribution in [1.82, 2.24) is 5.32 Å². The van der Waals surface area contributed by atoms with E-state index in [2.05, 4.69) is 17.2 Å². The third kappa shape index (κ3) is 3.36. The number of hydrogen-bond acceptors (Lipinski definition) is 1. The summed E-state index contributed by atoms with van der Waals surface area (Å²) in [4.78, 5) is 4.55. The van der Waals surface area contributed by atoms with Crippen LogP contribution in [0.25, 0.3) is 0 Å². The minimum atomic E-state index is 0.498. The molecule has 0 aromatic heterocycles. The highest BCUT2D eigenvalue weighted by molar-refractivity contribution is 5.77. The molecule has 2 aliphatic rings. The summed E-state index contributed by atoms with van der Waals surface area (Å²) in [6.07, 6.45) is 10.8. The summed E-state index contributed by atoms with van der Waals surface area (Å²) in [6.45, 7) is 4.22. The Balaban J connectivity index is 1.70. The molecular formula is C14H27N3. The lowest BCUT2D eigenvalue weighted by atomic mass is 9.66. The van der Waals surface area contributed by atoms with Crippen molar-refractivity contribution in [3.05, 3.63) is 0 Å². The van der Waals surface area contributed by atoms with Crippen LogP contribution < -0.4 is 11.1 Å². The quantitative estimate of drug-likeness (QED) is 0.551. The van der Waals surface area contributed by atoms with E-state index in [1.807, 2.05) is 0 Å². The molecule has 0 atom stereocenters. The molecule has 0 saturated heterocycles. The lowest BCUT2D eigenvalue weighted by molar-refractivity contribution is 0.130. The number of guanidine groups is 1. The monoisotopic (exact) mass is 237 g/mol. The molecule has 3 nitrogen and oxygen atoms in total. The highest BCUT2D eigenvalue weighted by atomic mass is 15.1. The molecule has 2 aliphatic carbocycles. The van der Waals surface area contributed by atoms with Gasteiger partial charge in [0.2, 0.25) is 0 Å². The van der Waals surface area contributed by atoms with Gasteiger partial charge in [0.25, 0.3) is 0 Å². The normalized spacial score (nSPS) is 23.9. The van der Waals surface area contributed by atoms with Crippen molar-refractivity contribution in [3.8, 4) is 0 Å². The van der Waals surface area contributed by atoms with Crippen LogP contribution in [0.2, 0.25) is 0 Å². The summed E-state index contributed by atoms with van der Waals surface area (Å²) in [5.74, 6) is 1.51. The molecule has 3 heteroatoms. The topological polar surface area (TPSA) is 50.4 Å². The molecular weight excluding hydrogens is 210 g/mol. The largest absolute Gasteiger partial charge is 0.370 e. The molecule has 2 saturated carbocycles. The maximum Gasteiger partial charge on any atom is 0.188 e. The highest BCUT2D eigenvalue weighted by Gasteiger charge is 2.35. The fourth-order valence-corrected chi connectivity index (χ4v) is 2.95. The zero-order valence-corrected chi connectivity index (χ0v) is 11.2. The third-order valence-corrected chi connectivity index (χ3v) is 4.58. The molecule has 0 aliphatic heterocycles. The molecule has 0 bridgehead atoms. The first-order valence-corrected chi connectivity index (χ1v) is 7.28. The van der Waals surface area contributed by atoms with E-state index in [-0.39, 0.29) is 0 Å². The van der Waals surface area contributed by atoms with E-state index >= 15 is 0 Å². The molecule has 17 heavy (non-hydrogen) atoms. The first-order chi connectivity index (χ1) is 8.24. The molecule has 3 N–H and O–H groups in total. The maximum absolute atomic E-state index is 5.92. The molecule has 0 aromatic carbocycles. The highest BCUT2D eigenvalue weighted by Crippen LogP contribution is 2.44. The second-order valence-corrected chi connectivity index (χ2v) is 5.98. The van der Waals surface area contributed by atoms with Gasteiger partial charge in [0, 0.05) is 13.1 Å². The standard InChI is InChI=1S/C14H27N3/c1-2-7-14(8-4-9-14)11-17-13(15)16-10-12-5-3-6-12/h12H,2-11H2,1H3,(H3,15,16,17). The van der Waals surface area contributed by atoms with Gasteiger partial charge in [0.15, 0.2) is 5.96 Å². The Bertz CT molecular complexity index is 265. The van der Waals surface area contributed by atoms with E-state index in [0.29, 0.717) is 11.4 Å². The van der Waals surface area contributed by atoms with Crippen LogP contribution in [0.5, 0.6) is 0 Å². The summed E-state index contributed by atoms with van der Waals surface area (Å²) < 4.78 is 0. The minimum Gasteiger partial charge on any atom is -0.370 e. The lowest BCUT2D eigenvalue weighted by Crippen LogP contribution is -2.39. The molecule has 0 amide bonds. The van der Waals surface area contributed by atoms with E-state index in [9.17, 15) is 0 Å². The van der Waals surface area contributed by atoms with Gasteiger partial charge in [-0.2, -0.15) is 0 Å². The van der Waals surface area contributed by atoms with Gasteiger partial charge in [0.1, 0.15) is 0 Å². The summed E-state index contributed by atoms with van der Waals surface area (Å²) in [7, 11) is 0. The van der Waals surface area contributed by atoms with Gasteiger partial charge in [-0.1, -0.05) is 26.2 Å². The van der Waals surface area contributed by atoms with E-state index in [0.717, 1.165) is 19.0 Å². The second-order valence-electron chi connectivity index (χ2n) is 5.98. The van der Waals surface area contributed by atoms with Crippen molar-refractivity contribution in [2.45, 2.75) is 58.3 Å². The molecule has 0 aromatic rings. The molecule has 0 unspecified atom stereocenters. The molecule has 0 heterocycles. The van der Waals surface area contributed by atoms with Crippen molar-refractivity contribution in [2.75, 3.05) is 13.1 Å². The number of aliphatic imine (C=N–C) groups is 1. The molecule has 2 fully saturated rings. The van der Waals surface area contributed by atoms with Gasteiger partial charge in [0.05, 0.1) is 0 Å². The average Bonchev–Trinajstić information content (AvgIpc) is 2.19. The zero-order chi connectivity index (χ0) is 12.1. The number of nitrogens with zero attached hydrogens (tertiary/aromatic N) is 1. The van der Waals surface area contributed by atoms with Gasteiger partial charge in [-0.3, -0.25) is 4.99 Å². The Morgan fingerprint density at radius 2 is 2.12 bits per heavy atom. The summed E-state index contributed by atoms with van der Waals surface area (Å²) >= 11 is 0. The van der Waals surface area contributed by atoms with Gasteiger partial charge in [-0.15, -0.1) is 0 Å². The van der Waals surface area contributed by atoms with Crippen LogP contribution in [-0.2, 0) is 0 Å². The number of nitrogens with two attached hydrogens (primary N) is 1. The molecule has 0 spiro atoms. The van der Waals surface area contributed by atoms with Gasteiger partial charge >= 0.3 is 0 Å². The summed E-state index contributed by atoms with van der Waals surface area (Å²) in [6, 6.07) is 0. The smallest absolute Gasteiger partial charge is 0.188 e. The first-order valence-electron chi connectivity index (χ1n) is 7.28. The van der Waals surface area contributed by atoms with Gasteiger partial charge < -0.3 is 11.1 Å². The van der Waals surface area contributed by atoms with E-state index in [4.69, 9.17) is 5.73 Å². The average molecular weight is 237 g/mol. The predicted octanol–water partition coefficient (Wildman–Crippen LogP) is 2.66. The fourth-order valence-electron chi connectivity index (χ4n) is 2.95. The van der Waals surface area contributed by atoms with Crippen LogP contribution in [-0.4, -0.2) is 19.0 Å². The van der Waals surface area contributed by atoms with Crippen molar-refractivity contribution in [3.63, 3.8) is 0 Å². The van der Waals surface area contributed by atoms with Gasteiger partial charge in [-0.05, 0) is 43.4 Å². The second kappa shape index (κ2) is 5.74. The van der Waals surface area contributed by atoms with Crippen molar-refractivity contribution in [2.24, 2.45) is 22.1 Å². The summed E-state index contributed by atoms with van der Waals surface area (Å²) in [5.41, 5.74) is 6.42. The molecule has 2 rings (SSSR count). The Morgan fingerprint density at radius 3 is 2.59 bits per heavy atom. The predicted molar refractivity (Wildman–Crippen MR) is 73.0 cm³/mol. The fraction of sp³-hybridized carbons (Fsp3) is 0.929. The van der Waals surface area contributed by atoms with Crippen molar-refractivity contribution in [1.29, 1.82) is 0 Å². The lowest BCUT2D eigenvalue weighted by Gasteiger charge is -2.40. The van der Waals surface area contributed by atoms with Crippen LogP contribution >= 0.6 is 0 Å². The summed E-state index contributed by atoms with van der Waals surface area (Å²) in [5, 5.41) is 3.28. The third-order valence-electron chi connectivity index (χ3n) is 4.58. The van der Waals surface area contributed by atoms with E-state index in [1.165, 1.54) is 51.4 Å². The number of nitrogens with one attached hydrogen (secondary N) is 1. The number of hydrogen-bond donors (Lipinski definition) is 2. The van der Waals surface area contributed by atoms with Gasteiger partial charge in [-0.25, -0.2) is 0 Å². The van der Waals surface area contributed by atoms with Crippen molar-refractivity contribution < 1.29 is 0 Å². The Labute approximate surface area is 105 Å². The Kier molecular flexibility index (Phi) is 4.30. The molecule has 98 valence electrons. The molecule has 0 radical (unpaired) electrons. The number of rotatable bonds is 6. The van der Waals surface area contributed by atoms with Crippen LogP contribution in [0.1, 0.15) is 58.3 Å². The van der Waals surface area contributed by atoms with E-state index in [1.54, 1.807) is 0 Å². The van der Waals surface area contributed by atoms with Crippen molar-refractivity contribution >= 4 is 5.96 Å². The Hall–Kier alpha value is -0.730. The minimum absolute atomic E-state index is 0.498.